The zero-order valence-corrected chi connectivity index (χ0v) is 19.9. The lowest BCUT2D eigenvalue weighted by atomic mass is 10.0. The van der Waals surface area contributed by atoms with E-state index in [0.29, 0.717) is 22.9 Å². The summed E-state index contributed by atoms with van der Waals surface area (Å²) in [5.74, 6) is 1.43. The Hall–Kier alpha value is -2.85. The van der Waals surface area contributed by atoms with Crippen LogP contribution < -0.4 is 25.0 Å². The van der Waals surface area contributed by atoms with Gasteiger partial charge in [0.1, 0.15) is 0 Å². The molecular weight excluding hydrogens is 454 g/mol. The van der Waals surface area contributed by atoms with Gasteiger partial charge in [-0.3, -0.25) is 9.63 Å². The highest BCUT2D eigenvalue weighted by Crippen LogP contribution is 2.44. The second-order valence-electron chi connectivity index (χ2n) is 6.44. The van der Waals surface area contributed by atoms with Crippen molar-refractivity contribution >= 4 is 35.5 Å². The van der Waals surface area contributed by atoms with Crippen molar-refractivity contribution in [3.63, 3.8) is 0 Å². The van der Waals surface area contributed by atoms with Gasteiger partial charge in [-0.15, -0.1) is 12.4 Å². The summed E-state index contributed by atoms with van der Waals surface area (Å²) in [4.78, 5) is 18.6. The van der Waals surface area contributed by atoms with Crippen molar-refractivity contribution in [3.8, 4) is 38.8 Å². The number of ether oxygens (including phenoxy) is 3. The summed E-state index contributed by atoms with van der Waals surface area (Å²) < 4.78 is 20.8. The van der Waals surface area contributed by atoms with E-state index in [4.69, 9.17) is 24.8 Å². The first-order valence-electron chi connectivity index (χ1n) is 9.50. The largest absolute Gasteiger partial charge is 0.493 e. The number of carbonyl (C=O) groups is 1. The molecule has 0 aliphatic carbocycles. The number of rotatable bonds is 9. The Labute approximate surface area is 197 Å². The Morgan fingerprint density at radius 2 is 1.72 bits per heavy atom. The third kappa shape index (κ3) is 5.13. The molecule has 1 aromatic heterocycles. The molecule has 2 N–H and O–H groups in total. The van der Waals surface area contributed by atoms with Crippen molar-refractivity contribution in [2.75, 3.05) is 40.0 Å². The molecule has 0 aliphatic heterocycles. The number of carbonyl (C=O) groups excluding carboxylic acids is 1. The molecule has 0 fully saturated rings. The van der Waals surface area contributed by atoms with E-state index in [-0.39, 0.29) is 31.3 Å². The number of nitrogens with zero attached hydrogens (tertiary/aromatic N) is 2. The number of nitrogens with two attached hydrogens (primary N) is 1. The van der Waals surface area contributed by atoms with E-state index in [1.54, 1.807) is 33.6 Å². The minimum absolute atomic E-state index is 0. The molecule has 10 heteroatoms. The summed E-state index contributed by atoms with van der Waals surface area (Å²) in [5.41, 5.74) is 8.80. The maximum Gasteiger partial charge on any atom is 0.252 e. The molecule has 3 rings (SSSR count). The summed E-state index contributed by atoms with van der Waals surface area (Å²) in [6.45, 7) is 0.248. The maximum absolute atomic E-state index is 12.3. The number of hydrogen-bond acceptors (Lipinski definition) is 8. The van der Waals surface area contributed by atoms with Gasteiger partial charge in [-0.25, -0.2) is 0 Å². The van der Waals surface area contributed by atoms with Crippen molar-refractivity contribution < 1.29 is 23.8 Å². The Morgan fingerprint density at radius 1 is 1.03 bits per heavy atom. The third-order valence-corrected chi connectivity index (χ3v) is 5.51. The van der Waals surface area contributed by atoms with Crippen molar-refractivity contribution in [2.24, 2.45) is 5.73 Å². The third-order valence-electron chi connectivity index (χ3n) is 4.66. The van der Waals surface area contributed by atoms with Gasteiger partial charge >= 0.3 is 0 Å². The number of halogens is 1. The van der Waals surface area contributed by atoms with Crippen LogP contribution in [0.15, 0.2) is 42.6 Å². The van der Waals surface area contributed by atoms with E-state index in [0.717, 1.165) is 21.6 Å². The minimum Gasteiger partial charge on any atom is -0.493 e. The Kier molecular flexibility index (Phi) is 9.27. The van der Waals surface area contributed by atoms with Crippen LogP contribution in [0.3, 0.4) is 0 Å². The molecule has 0 saturated carbocycles. The molecule has 0 radical (unpaired) electrons. The van der Waals surface area contributed by atoms with Gasteiger partial charge in [0.2, 0.25) is 5.75 Å². The maximum atomic E-state index is 12.3. The second-order valence-corrected chi connectivity index (χ2v) is 7.24. The SMILES string of the molecule is COc1cc(-c2sncc2-c2cccc(N(OC)C(=O)CCN)c2)cc(OC)c1OC.Cl. The van der Waals surface area contributed by atoms with Crippen LogP contribution in [0.25, 0.3) is 21.6 Å². The summed E-state index contributed by atoms with van der Waals surface area (Å²) in [5, 5.41) is 1.25. The Balaban J connectivity index is 0.00000363. The molecule has 3 aromatic rings. The summed E-state index contributed by atoms with van der Waals surface area (Å²) >= 11 is 1.35. The van der Waals surface area contributed by atoms with E-state index in [1.807, 2.05) is 30.3 Å². The highest BCUT2D eigenvalue weighted by atomic mass is 35.5. The first-order chi connectivity index (χ1) is 15.1. The monoisotopic (exact) mass is 479 g/mol. The molecule has 0 bridgehead atoms. The van der Waals surface area contributed by atoms with Crippen LogP contribution >= 0.6 is 23.9 Å². The van der Waals surface area contributed by atoms with Crippen LogP contribution in [0, 0.1) is 0 Å². The quantitative estimate of drug-likeness (QED) is 0.460. The molecule has 0 saturated heterocycles. The molecule has 0 unspecified atom stereocenters. The van der Waals surface area contributed by atoms with Gasteiger partial charge in [-0.1, -0.05) is 12.1 Å². The van der Waals surface area contributed by atoms with Crippen LogP contribution in [0.5, 0.6) is 17.2 Å². The standard InChI is InChI=1S/C22H25N3O5S.ClH/c1-27-18-11-15(12-19(28-2)21(18)29-3)22-17(13-24-31-22)14-6-5-7-16(10-14)25(30-4)20(26)8-9-23;/h5-7,10-13H,8-9,23H2,1-4H3;1H. The molecule has 32 heavy (non-hydrogen) atoms. The van der Waals surface area contributed by atoms with Crippen molar-refractivity contribution in [1.82, 2.24) is 4.37 Å². The van der Waals surface area contributed by atoms with Gasteiger partial charge in [0.25, 0.3) is 5.91 Å². The molecule has 1 heterocycles. The topological polar surface area (TPSA) is 96.1 Å². The Bertz CT molecular complexity index is 1030. The Morgan fingerprint density at radius 3 is 2.28 bits per heavy atom. The summed E-state index contributed by atoms with van der Waals surface area (Å²) in [7, 11) is 6.18. The van der Waals surface area contributed by atoms with Crippen LogP contribution in [0.4, 0.5) is 5.69 Å². The smallest absolute Gasteiger partial charge is 0.252 e. The summed E-state index contributed by atoms with van der Waals surface area (Å²) in [6.07, 6.45) is 1.98. The number of amides is 1. The van der Waals surface area contributed by atoms with Gasteiger partial charge in [-0.2, -0.15) is 9.44 Å². The van der Waals surface area contributed by atoms with Gasteiger partial charge in [0.15, 0.2) is 11.5 Å². The van der Waals surface area contributed by atoms with Crippen LogP contribution in [0.2, 0.25) is 0 Å². The normalized spacial score (nSPS) is 10.3. The van der Waals surface area contributed by atoms with Crippen LogP contribution in [-0.4, -0.2) is 45.3 Å². The molecule has 0 aliphatic rings. The second kappa shape index (κ2) is 11.7. The van der Waals surface area contributed by atoms with Gasteiger partial charge < -0.3 is 19.9 Å². The number of benzene rings is 2. The zero-order chi connectivity index (χ0) is 22.4. The summed E-state index contributed by atoms with van der Waals surface area (Å²) in [6, 6.07) is 11.3. The highest BCUT2D eigenvalue weighted by Gasteiger charge is 2.20. The van der Waals surface area contributed by atoms with Gasteiger partial charge in [-0.05, 0) is 41.4 Å². The van der Waals surface area contributed by atoms with Crippen molar-refractivity contribution in [3.05, 3.63) is 42.6 Å². The first-order valence-corrected chi connectivity index (χ1v) is 10.3. The average molecular weight is 480 g/mol. The van der Waals surface area contributed by atoms with Crippen LogP contribution in [0.1, 0.15) is 6.42 Å². The molecule has 2 aromatic carbocycles. The number of anilines is 1. The molecule has 0 spiro atoms. The predicted octanol–water partition coefficient (Wildman–Crippen LogP) is 4.17. The minimum atomic E-state index is -0.213. The predicted molar refractivity (Wildman–Crippen MR) is 128 cm³/mol. The number of hydroxylamine groups is 1. The van der Waals surface area contributed by atoms with Crippen molar-refractivity contribution in [2.45, 2.75) is 6.42 Å². The molecule has 0 atom stereocenters. The first kappa shape index (κ1) is 25.4. The van der Waals surface area contributed by atoms with E-state index in [9.17, 15) is 4.79 Å². The lowest BCUT2D eigenvalue weighted by Crippen LogP contribution is -2.31. The van der Waals surface area contributed by atoms with E-state index in [1.165, 1.54) is 23.7 Å². The van der Waals surface area contributed by atoms with Crippen LogP contribution in [-0.2, 0) is 9.63 Å². The zero-order valence-electron chi connectivity index (χ0n) is 18.3. The number of hydrogen-bond donors (Lipinski definition) is 1. The van der Waals surface area contributed by atoms with E-state index in [2.05, 4.69) is 4.37 Å². The average Bonchev–Trinajstić information content (AvgIpc) is 3.29. The fourth-order valence-electron chi connectivity index (χ4n) is 3.24. The lowest BCUT2D eigenvalue weighted by molar-refractivity contribution is -0.124. The molecule has 1 amide bonds. The molecule has 172 valence electrons. The fourth-order valence-corrected chi connectivity index (χ4v) is 4.00. The lowest BCUT2D eigenvalue weighted by Gasteiger charge is -2.20. The number of aromatic nitrogens is 1. The number of methoxy groups -OCH3 is 3. The van der Waals surface area contributed by atoms with Gasteiger partial charge in [0, 0.05) is 30.3 Å². The van der Waals surface area contributed by atoms with E-state index >= 15 is 0 Å². The van der Waals surface area contributed by atoms with E-state index < -0.39 is 0 Å². The fraction of sp³-hybridized carbons (Fsp3) is 0.273. The molecule has 8 nitrogen and oxygen atoms in total. The van der Waals surface area contributed by atoms with Crippen molar-refractivity contribution in [1.29, 1.82) is 0 Å². The van der Waals surface area contributed by atoms with Gasteiger partial charge in [0.05, 0.1) is 39.0 Å². The molecular formula is C22H26ClN3O5S. The highest BCUT2D eigenvalue weighted by molar-refractivity contribution is 7.10.